The van der Waals surface area contributed by atoms with Crippen LogP contribution in [-0.4, -0.2) is 58.9 Å². The number of carbonyl (C=O) groups excluding carboxylic acids is 1. The van der Waals surface area contributed by atoms with Crippen molar-refractivity contribution in [1.29, 1.82) is 0 Å². The summed E-state index contributed by atoms with van der Waals surface area (Å²) >= 11 is 8.12. The molecule has 4 rings (SSSR count). The Morgan fingerprint density at radius 1 is 1.19 bits per heavy atom. The molecule has 0 N–H and O–H groups in total. The smallest absolute Gasteiger partial charge is 0.340 e. The number of benzene rings is 1. The molecule has 0 bridgehead atoms. The molecule has 0 spiro atoms. The molecule has 0 aliphatic carbocycles. The molecule has 1 saturated heterocycles. The van der Waals surface area contributed by atoms with Crippen molar-refractivity contribution in [3.05, 3.63) is 67.5 Å². The summed E-state index contributed by atoms with van der Waals surface area (Å²) in [5, 5.41) is 7.54. The van der Waals surface area contributed by atoms with Gasteiger partial charge < -0.3 is 9.64 Å². The molecule has 31 heavy (non-hydrogen) atoms. The van der Waals surface area contributed by atoms with Crippen molar-refractivity contribution in [2.24, 2.45) is 0 Å². The maximum Gasteiger partial charge on any atom is 0.340 e. The van der Waals surface area contributed by atoms with Crippen molar-refractivity contribution < 1.29 is 9.53 Å². The lowest BCUT2D eigenvalue weighted by molar-refractivity contribution is 0.0600. The molecule has 10 heteroatoms. The predicted molar refractivity (Wildman–Crippen MR) is 121 cm³/mol. The van der Waals surface area contributed by atoms with Gasteiger partial charge in [0.15, 0.2) is 0 Å². The van der Waals surface area contributed by atoms with E-state index in [9.17, 15) is 9.59 Å². The van der Waals surface area contributed by atoms with E-state index in [4.69, 9.17) is 16.3 Å². The van der Waals surface area contributed by atoms with Gasteiger partial charge in [-0.3, -0.25) is 9.69 Å². The molecule has 1 aliphatic heterocycles. The van der Waals surface area contributed by atoms with Crippen LogP contribution in [0.5, 0.6) is 0 Å². The summed E-state index contributed by atoms with van der Waals surface area (Å²) in [6.07, 6.45) is 1.58. The van der Waals surface area contributed by atoms with E-state index in [0.717, 1.165) is 48.1 Å². The summed E-state index contributed by atoms with van der Waals surface area (Å²) in [6.45, 7) is 5.95. The summed E-state index contributed by atoms with van der Waals surface area (Å²) in [6, 6.07) is 6.64. The molecule has 0 atom stereocenters. The molecule has 1 aromatic carbocycles. The van der Waals surface area contributed by atoms with Crippen LogP contribution in [0.4, 0.5) is 5.69 Å². The Labute approximate surface area is 188 Å². The van der Waals surface area contributed by atoms with Gasteiger partial charge in [0, 0.05) is 38.1 Å². The van der Waals surface area contributed by atoms with Gasteiger partial charge in [-0.15, -0.1) is 11.3 Å². The number of ether oxygens (including phenoxy) is 1. The number of rotatable bonds is 5. The molecule has 8 nitrogen and oxygen atoms in total. The number of carbonyl (C=O) groups is 1. The standard InChI is InChI=1S/C21H22ClN5O3S/c1-14-24-15(13-31-14)12-25-7-9-26(10-8-25)18-11-23-27(20(28)19(18)22)17-6-4-3-5-16(17)21(29)30-2/h3-6,11,13H,7-10,12H2,1-2H3. The van der Waals surface area contributed by atoms with Crippen molar-refractivity contribution in [1.82, 2.24) is 19.7 Å². The number of nitrogens with zero attached hydrogens (tertiary/aromatic N) is 5. The Morgan fingerprint density at radius 3 is 2.61 bits per heavy atom. The van der Waals surface area contributed by atoms with Crippen molar-refractivity contribution >= 4 is 34.6 Å². The second kappa shape index (κ2) is 9.17. The number of anilines is 1. The van der Waals surface area contributed by atoms with Crippen LogP contribution in [0.15, 0.2) is 40.6 Å². The third-order valence-electron chi connectivity index (χ3n) is 5.20. The van der Waals surface area contributed by atoms with Gasteiger partial charge in [0.2, 0.25) is 0 Å². The molecule has 0 amide bonds. The van der Waals surface area contributed by atoms with Crippen LogP contribution in [0.3, 0.4) is 0 Å². The van der Waals surface area contributed by atoms with Gasteiger partial charge >= 0.3 is 5.97 Å². The minimum absolute atomic E-state index is 0.0817. The third-order valence-corrected chi connectivity index (χ3v) is 6.38. The fourth-order valence-electron chi connectivity index (χ4n) is 3.61. The topological polar surface area (TPSA) is 80.6 Å². The zero-order valence-electron chi connectivity index (χ0n) is 17.2. The molecular formula is C21H22ClN5O3S. The van der Waals surface area contributed by atoms with Gasteiger partial charge in [0.05, 0.1) is 40.9 Å². The number of piperazine rings is 1. The first-order chi connectivity index (χ1) is 15.0. The maximum absolute atomic E-state index is 13.0. The first-order valence-electron chi connectivity index (χ1n) is 9.82. The molecule has 2 aromatic heterocycles. The highest BCUT2D eigenvalue weighted by Crippen LogP contribution is 2.24. The largest absolute Gasteiger partial charge is 0.465 e. The highest BCUT2D eigenvalue weighted by Gasteiger charge is 2.23. The van der Waals surface area contributed by atoms with E-state index < -0.39 is 11.5 Å². The van der Waals surface area contributed by atoms with Gasteiger partial charge in [0.25, 0.3) is 5.56 Å². The van der Waals surface area contributed by atoms with Crippen molar-refractivity contribution in [2.75, 3.05) is 38.2 Å². The number of thiazole rings is 1. The number of para-hydroxylation sites is 1. The van der Waals surface area contributed by atoms with Crippen LogP contribution < -0.4 is 10.5 Å². The SMILES string of the molecule is COC(=O)c1ccccc1-n1ncc(N2CCN(Cc3csc(C)n3)CC2)c(Cl)c1=O. The Kier molecular flexibility index (Phi) is 6.35. The molecule has 1 fully saturated rings. The zero-order valence-corrected chi connectivity index (χ0v) is 18.8. The number of methoxy groups -OCH3 is 1. The van der Waals surface area contributed by atoms with E-state index >= 15 is 0 Å². The van der Waals surface area contributed by atoms with Gasteiger partial charge in [-0.25, -0.2) is 9.78 Å². The number of hydrogen-bond donors (Lipinski definition) is 0. The zero-order chi connectivity index (χ0) is 22.0. The minimum atomic E-state index is -0.545. The molecule has 0 saturated carbocycles. The van der Waals surface area contributed by atoms with E-state index in [0.29, 0.717) is 11.4 Å². The van der Waals surface area contributed by atoms with Crippen LogP contribution >= 0.6 is 22.9 Å². The highest BCUT2D eigenvalue weighted by atomic mass is 35.5. The molecule has 1 aliphatic rings. The van der Waals surface area contributed by atoms with Crippen molar-refractivity contribution in [3.63, 3.8) is 0 Å². The number of aromatic nitrogens is 3. The summed E-state index contributed by atoms with van der Waals surface area (Å²) in [4.78, 5) is 34.0. The molecule has 162 valence electrons. The molecule has 3 aromatic rings. The minimum Gasteiger partial charge on any atom is -0.465 e. The molecular weight excluding hydrogens is 438 g/mol. The van der Waals surface area contributed by atoms with Crippen LogP contribution in [0.1, 0.15) is 21.1 Å². The van der Waals surface area contributed by atoms with Crippen molar-refractivity contribution in [2.45, 2.75) is 13.5 Å². The van der Waals surface area contributed by atoms with E-state index in [1.54, 1.807) is 41.8 Å². The van der Waals surface area contributed by atoms with Crippen LogP contribution in [-0.2, 0) is 11.3 Å². The summed E-state index contributed by atoms with van der Waals surface area (Å²) in [5.41, 5.74) is 1.78. The summed E-state index contributed by atoms with van der Waals surface area (Å²) in [7, 11) is 1.29. The summed E-state index contributed by atoms with van der Waals surface area (Å²) < 4.78 is 5.95. The van der Waals surface area contributed by atoms with Crippen LogP contribution in [0.2, 0.25) is 5.02 Å². The van der Waals surface area contributed by atoms with Gasteiger partial charge in [0.1, 0.15) is 5.02 Å². The normalized spacial score (nSPS) is 14.6. The van der Waals surface area contributed by atoms with Gasteiger partial charge in [-0.2, -0.15) is 9.78 Å². The van der Waals surface area contributed by atoms with Gasteiger partial charge in [-0.1, -0.05) is 23.7 Å². The second-order valence-corrected chi connectivity index (χ2v) is 8.63. The van der Waals surface area contributed by atoms with Crippen molar-refractivity contribution in [3.8, 4) is 5.69 Å². The highest BCUT2D eigenvalue weighted by molar-refractivity contribution is 7.09. The average Bonchev–Trinajstić information content (AvgIpc) is 3.20. The van der Waals surface area contributed by atoms with E-state index in [2.05, 4.69) is 25.3 Å². The number of hydrogen-bond acceptors (Lipinski definition) is 8. The average molecular weight is 460 g/mol. The first-order valence-corrected chi connectivity index (χ1v) is 11.1. The molecule has 0 radical (unpaired) electrons. The lowest BCUT2D eigenvalue weighted by Gasteiger charge is -2.35. The molecule has 0 unspecified atom stereocenters. The van der Waals surface area contributed by atoms with E-state index in [-0.39, 0.29) is 10.6 Å². The first kappa shape index (κ1) is 21.5. The summed E-state index contributed by atoms with van der Waals surface area (Å²) in [5.74, 6) is -0.545. The predicted octanol–water partition coefficient (Wildman–Crippen LogP) is 2.76. The lowest BCUT2D eigenvalue weighted by atomic mass is 10.2. The number of aryl methyl sites for hydroxylation is 1. The fourth-order valence-corrected chi connectivity index (χ4v) is 4.47. The fraction of sp³-hybridized carbons (Fsp3) is 0.333. The monoisotopic (exact) mass is 459 g/mol. The van der Waals surface area contributed by atoms with Crippen LogP contribution in [0, 0.1) is 6.92 Å². The quantitative estimate of drug-likeness (QED) is 0.542. The maximum atomic E-state index is 13.0. The molecule has 3 heterocycles. The second-order valence-electron chi connectivity index (χ2n) is 7.19. The van der Waals surface area contributed by atoms with E-state index in [1.165, 1.54) is 7.11 Å². The number of esters is 1. The Balaban J connectivity index is 1.53. The Morgan fingerprint density at radius 2 is 1.94 bits per heavy atom. The Bertz CT molecular complexity index is 1150. The van der Waals surface area contributed by atoms with Gasteiger partial charge in [-0.05, 0) is 19.1 Å². The van der Waals surface area contributed by atoms with Crippen LogP contribution in [0.25, 0.3) is 5.69 Å². The lowest BCUT2D eigenvalue weighted by Crippen LogP contribution is -2.46. The Hall–Kier alpha value is -2.75. The number of halogens is 1. The third kappa shape index (κ3) is 4.48. The van der Waals surface area contributed by atoms with E-state index in [1.807, 2.05) is 6.92 Å².